The Bertz CT molecular complexity index is 664. The summed E-state index contributed by atoms with van der Waals surface area (Å²) in [7, 11) is 0. The Balaban J connectivity index is 5.45. The number of rotatable bonds is 13. The van der Waals surface area contributed by atoms with E-state index in [4.69, 9.17) is 11.5 Å². The van der Waals surface area contributed by atoms with Gasteiger partial charge in [0.25, 0.3) is 0 Å². The lowest BCUT2D eigenvalue weighted by molar-refractivity contribution is -0.144. The van der Waals surface area contributed by atoms with Gasteiger partial charge in [0, 0.05) is 0 Å². The number of hydrogen-bond acceptors (Lipinski definition) is 6. The monoisotopic (exact) mass is 443 g/mol. The van der Waals surface area contributed by atoms with Crippen LogP contribution in [0.15, 0.2) is 0 Å². The molecule has 0 rings (SSSR count). The fourth-order valence-electron chi connectivity index (χ4n) is 2.73. The van der Waals surface area contributed by atoms with Crippen molar-refractivity contribution in [3.63, 3.8) is 0 Å². The molecule has 0 heterocycles. The van der Waals surface area contributed by atoms with Gasteiger partial charge in [-0.05, 0) is 24.2 Å². The topological polar surface area (TPSA) is 194 Å². The number of aliphatic carboxylic acids is 1. The Kier molecular flexibility index (Phi) is 11.8. The lowest BCUT2D eigenvalue weighted by atomic mass is 9.98. The van der Waals surface area contributed by atoms with E-state index in [1.54, 1.807) is 27.7 Å². The Labute approximate surface area is 183 Å². The maximum absolute atomic E-state index is 12.9. The van der Waals surface area contributed by atoms with E-state index in [2.05, 4.69) is 16.0 Å². The molecule has 4 unspecified atom stereocenters. The number of nitrogens with two attached hydrogens (primary N) is 2. The van der Waals surface area contributed by atoms with Crippen LogP contribution in [0.3, 0.4) is 0 Å². The molecule has 0 aromatic heterocycles. The molecule has 4 amide bonds. The first-order chi connectivity index (χ1) is 14.2. The number of primary amides is 1. The molecule has 0 saturated heterocycles. The highest BCUT2D eigenvalue weighted by atomic mass is 16.4. The van der Waals surface area contributed by atoms with E-state index >= 15 is 0 Å². The van der Waals surface area contributed by atoms with Gasteiger partial charge in [-0.2, -0.15) is 0 Å². The summed E-state index contributed by atoms with van der Waals surface area (Å²) in [4.78, 5) is 60.2. The minimum Gasteiger partial charge on any atom is -0.480 e. The zero-order valence-corrected chi connectivity index (χ0v) is 19.1. The van der Waals surface area contributed by atoms with Gasteiger partial charge in [-0.3, -0.25) is 19.2 Å². The molecule has 0 aromatic carbocycles. The number of amides is 4. The van der Waals surface area contributed by atoms with Crippen LogP contribution in [0.5, 0.6) is 0 Å². The molecule has 0 radical (unpaired) electrons. The van der Waals surface area contributed by atoms with Gasteiger partial charge >= 0.3 is 5.97 Å². The molecule has 31 heavy (non-hydrogen) atoms. The van der Waals surface area contributed by atoms with E-state index in [1.165, 1.54) is 0 Å². The minimum atomic E-state index is -1.52. The molecule has 0 bridgehead atoms. The molecule has 0 saturated carbocycles. The van der Waals surface area contributed by atoms with Crippen molar-refractivity contribution in [2.45, 2.75) is 78.6 Å². The van der Waals surface area contributed by atoms with Crippen molar-refractivity contribution >= 4 is 29.6 Å². The van der Waals surface area contributed by atoms with Crippen LogP contribution < -0.4 is 27.4 Å². The van der Waals surface area contributed by atoms with Gasteiger partial charge in [0.2, 0.25) is 23.6 Å². The second kappa shape index (κ2) is 12.9. The molecule has 11 heteroatoms. The standard InChI is InChI=1S/C20H37N5O6/c1-9(2)7-12(23-18(28)15(22)10(3)4)17(27)25-16(11(5)6)19(29)24-13(20(30)31)8-14(21)26/h9-13,15-16H,7-8,22H2,1-6H3,(H2,21,26)(H,23,28)(H,24,29)(H,25,27)(H,30,31). The van der Waals surface area contributed by atoms with E-state index in [0.717, 1.165) is 0 Å². The second-order valence-corrected chi connectivity index (χ2v) is 8.76. The molecule has 178 valence electrons. The third kappa shape index (κ3) is 10.3. The van der Waals surface area contributed by atoms with E-state index in [9.17, 15) is 29.1 Å². The van der Waals surface area contributed by atoms with E-state index in [-0.39, 0.29) is 11.8 Å². The third-order valence-corrected chi connectivity index (χ3v) is 4.63. The van der Waals surface area contributed by atoms with Crippen molar-refractivity contribution in [2.75, 3.05) is 0 Å². The summed E-state index contributed by atoms with van der Waals surface area (Å²) in [6.07, 6.45) is -0.271. The number of carboxylic acids is 1. The normalized spacial score (nSPS) is 15.2. The van der Waals surface area contributed by atoms with E-state index < -0.39 is 66.1 Å². The van der Waals surface area contributed by atoms with Gasteiger partial charge in [0.15, 0.2) is 0 Å². The van der Waals surface area contributed by atoms with Crippen LogP contribution in [-0.2, 0) is 24.0 Å². The predicted octanol–water partition coefficient (Wildman–Crippen LogP) is -0.914. The van der Waals surface area contributed by atoms with E-state index in [0.29, 0.717) is 6.42 Å². The molecule has 0 fully saturated rings. The summed E-state index contributed by atoms with van der Waals surface area (Å²) in [5.74, 6) is -4.62. The van der Waals surface area contributed by atoms with Crippen molar-refractivity contribution in [1.29, 1.82) is 0 Å². The van der Waals surface area contributed by atoms with Crippen molar-refractivity contribution in [3.8, 4) is 0 Å². The maximum atomic E-state index is 12.9. The predicted molar refractivity (Wildman–Crippen MR) is 114 cm³/mol. The smallest absolute Gasteiger partial charge is 0.326 e. The van der Waals surface area contributed by atoms with Crippen molar-refractivity contribution in [2.24, 2.45) is 29.2 Å². The van der Waals surface area contributed by atoms with E-state index in [1.807, 2.05) is 13.8 Å². The molecular weight excluding hydrogens is 406 g/mol. The highest BCUT2D eigenvalue weighted by Crippen LogP contribution is 2.09. The van der Waals surface area contributed by atoms with Gasteiger partial charge < -0.3 is 32.5 Å². The van der Waals surface area contributed by atoms with Crippen LogP contribution in [0.2, 0.25) is 0 Å². The Hall–Kier alpha value is -2.69. The zero-order valence-electron chi connectivity index (χ0n) is 19.1. The van der Waals surface area contributed by atoms with Crippen LogP contribution in [0.1, 0.15) is 54.4 Å². The summed E-state index contributed by atoms with van der Waals surface area (Å²) < 4.78 is 0. The van der Waals surface area contributed by atoms with Crippen molar-refractivity contribution in [1.82, 2.24) is 16.0 Å². The molecule has 4 atom stereocenters. The molecule has 0 aliphatic carbocycles. The van der Waals surface area contributed by atoms with Gasteiger partial charge in [-0.15, -0.1) is 0 Å². The fourth-order valence-corrected chi connectivity index (χ4v) is 2.73. The lowest BCUT2D eigenvalue weighted by Gasteiger charge is -2.28. The Morgan fingerprint density at radius 2 is 1.29 bits per heavy atom. The number of carboxylic acid groups (broad SMARTS) is 1. The summed E-state index contributed by atoms with van der Waals surface area (Å²) >= 11 is 0. The van der Waals surface area contributed by atoms with Crippen LogP contribution in [0, 0.1) is 17.8 Å². The summed E-state index contributed by atoms with van der Waals surface area (Å²) in [6, 6.07) is -4.32. The molecule has 0 aromatic rings. The molecule has 0 aliphatic heterocycles. The molecular formula is C20H37N5O6. The van der Waals surface area contributed by atoms with Crippen LogP contribution >= 0.6 is 0 Å². The van der Waals surface area contributed by atoms with Gasteiger partial charge in [-0.25, -0.2) is 4.79 Å². The zero-order chi connectivity index (χ0) is 24.5. The SMILES string of the molecule is CC(C)CC(NC(=O)C(N)C(C)C)C(=O)NC(C(=O)NC(CC(N)=O)C(=O)O)C(C)C. The number of carbonyl (C=O) groups is 5. The summed E-state index contributed by atoms with van der Waals surface area (Å²) in [5.41, 5.74) is 10.9. The first-order valence-electron chi connectivity index (χ1n) is 10.3. The highest BCUT2D eigenvalue weighted by Gasteiger charge is 2.32. The molecule has 8 N–H and O–H groups in total. The van der Waals surface area contributed by atoms with Gasteiger partial charge in [0.05, 0.1) is 12.5 Å². The lowest BCUT2D eigenvalue weighted by Crippen LogP contribution is -2.59. The average Bonchev–Trinajstić information content (AvgIpc) is 2.62. The van der Waals surface area contributed by atoms with Crippen LogP contribution in [0.25, 0.3) is 0 Å². The second-order valence-electron chi connectivity index (χ2n) is 8.76. The quantitative estimate of drug-likeness (QED) is 0.212. The third-order valence-electron chi connectivity index (χ3n) is 4.63. The number of nitrogens with one attached hydrogen (secondary N) is 3. The molecule has 0 spiro atoms. The number of carbonyl (C=O) groups excluding carboxylic acids is 4. The van der Waals surface area contributed by atoms with Crippen molar-refractivity contribution < 1.29 is 29.1 Å². The maximum Gasteiger partial charge on any atom is 0.326 e. The molecule has 0 aliphatic rings. The fraction of sp³-hybridized carbons (Fsp3) is 0.750. The van der Waals surface area contributed by atoms with Crippen molar-refractivity contribution in [3.05, 3.63) is 0 Å². The van der Waals surface area contributed by atoms with Crippen LogP contribution in [-0.4, -0.2) is 58.9 Å². The largest absolute Gasteiger partial charge is 0.480 e. The summed E-state index contributed by atoms with van der Waals surface area (Å²) in [6.45, 7) is 10.7. The Morgan fingerprint density at radius 1 is 0.774 bits per heavy atom. The van der Waals surface area contributed by atoms with Gasteiger partial charge in [-0.1, -0.05) is 41.5 Å². The average molecular weight is 444 g/mol. The molecule has 11 nitrogen and oxygen atoms in total. The summed E-state index contributed by atoms with van der Waals surface area (Å²) in [5, 5.41) is 16.6. The minimum absolute atomic E-state index is 0.0598. The van der Waals surface area contributed by atoms with Gasteiger partial charge in [0.1, 0.15) is 18.1 Å². The Morgan fingerprint density at radius 3 is 1.68 bits per heavy atom. The van der Waals surface area contributed by atoms with Crippen LogP contribution in [0.4, 0.5) is 0 Å². The highest BCUT2D eigenvalue weighted by molar-refractivity contribution is 5.95. The number of hydrogen-bond donors (Lipinski definition) is 6. The first kappa shape index (κ1) is 28.3. The first-order valence-corrected chi connectivity index (χ1v) is 10.3.